The van der Waals surface area contributed by atoms with Gasteiger partial charge in [-0.3, -0.25) is 4.79 Å². The minimum Gasteiger partial charge on any atom is -0.381 e. The van der Waals surface area contributed by atoms with Crippen molar-refractivity contribution in [3.05, 3.63) is 6.42 Å². The van der Waals surface area contributed by atoms with Gasteiger partial charge < -0.3 is 14.4 Å². The number of hydrogen-bond acceptors (Lipinski definition) is 3. The van der Waals surface area contributed by atoms with Gasteiger partial charge in [0, 0.05) is 32.7 Å². The Morgan fingerprint density at radius 1 is 1.12 bits per heavy atom. The van der Waals surface area contributed by atoms with Crippen molar-refractivity contribution < 1.29 is 14.3 Å². The van der Waals surface area contributed by atoms with E-state index in [0.717, 1.165) is 45.6 Å². The number of hydrogen-bond donors (Lipinski definition) is 0. The number of rotatable bonds is 3. The molecule has 16 heavy (non-hydrogen) atoms. The fourth-order valence-corrected chi connectivity index (χ4v) is 2.16. The first-order valence-electron chi connectivity index (χ1n) is 6.14. The molecular weight excluding hydrogens is 206 g/mol. The van der Waals surface area contributed by atoms with Crippen molar-refractivity contribution in [3.63, 3.8) is 0 Å². The summed E-state index contributed by atoms with van der Waals surface area (Å²) in [7, 11) is 0. The lowest BCUT2D eigenvalue weighted by Crippen LogP contribution is -2.41. The number of morpholine rings is 1. The van der Waals surface area contributed by atoms with Crippen LogP contribution in [0.2, 0.25) is 0 Å². The monoisotopic (exact) mass is 226 g/mol. The molecule has 0 aliphatic carbocycles. The summed E-state index contributed by atoms with van der Waals surface area (Å²) >= 11 is 0. The van der Waals surface area contributed by atoms with Gasteiger partial charge in [-0.25, -0.2) is 0 Å². The third kappa shape index (κ3) is 3.46. The van der Waals surface area contributed by atoms with Gasteiger partial charge in [-0.15, -0.1) is 0 Å². The zero-order valence-electron chi connectivity index (χ0n) is 9.69. The molecule has 4 nitrogen and oxygen atoms in total. The topological polar surface area (TPSA) is 38.8 Å². The van der Waals surface area contributed by atoms with Gasteiger partial charge in [0.15, 0.2) is 0 Å². The highest BCUT2D eigenvalue weighted by atomic mass is 16.5. The number of carbonyl (C=O) groups excluding carboxylic acids is 1. The van der Waals surface area contributed by atoms with E-state index in [1.54, 1.807) is 0 Å². The highest BCUT2D eigenvalue weighted by molar-refractivity contribution is 5.84. The molecular formula is C12H20NO3. The van der Waals surface area contributed by atoms with Gasteiger partial charge >= 0.3 is 0 Å². The second kappa shape index (κ2) is 6.21. The molecule has 2 fully saturated rings. The van der Waals surface area contributed by atoms with Crippen LogP contribution in [0, 0.1) is 12.3 Å². The van der Waals surface area contributed by atoms with Crippen LogP contribution in [0.3, 0.4) is 0 Å². The maximum atomic E-state index is 11.8. The molecule has 1 amide bonds. The first-order chi connectivity index (χ1) is 7.86. The van der Waals surface area contributed by atoms with Gasteiger partial charge in [-0.1, -0.05) is 0 Å². The summed E-state index contributed by atoms with van der Waals surface area (Å²) in [6, 6.07) is 0. The molecule has 0 saturated carbocycles. The van der Waals surface area contributed by atoms with Crippen molar-refractivity contribution in [2.75, 3.05) is 39.5 Å². The molecule has 0 aromatic rings. The molecule has 91 valence electrons. The Hall–Kier alpha value is -0.610. The molecule has 0 spiro atoms. The van der Waals surface area contributed by atoms with Crippen LogP contribution in [0.4, 0.5) is 0 Å². The first kappa shape index (κ1) is 11.9. The lowest BCUT2D eigenvalue weighted by molar-refractivity contribution is -0.131. The van der Waals surface area contributed by atoms with E-state index in [0.29, 0.717) is 19.1 Å². The Labute approximate surface area is 96.9 Å². The molecule has 0 N–H and O–H groups in total. The summed E-state index contributed by atoms with van der Waals surface area (Å²) in [5, 5.41) is 0. The van der Waals surface area contributed by atoms with E-state index in [-0.39, 0.29) is 5.91 Å². The number of ether oxygens (including phenoxy) is 2. The predicted octanol–water partition coefficient (Wildman–Crippen LogP) is 0.866. The quantitative estimate of drug-likeness (QED) is 0.716. The fraction of sp³-hybridized carbons (Fsp3) is 0.833. The Morgan fingerprint density at radius 3 is 2.44 bits per heavy atom. The molecule has 0 unspecified atom stereocenters. The van der Waals surface area contributed by atoms with Crippen LogP contribution in [-0.2, 0) is 14.3 Å². The van der Waals surface area contributed by atoms with E-state index in [9.17, 15) is 4.79 Å². The summed E-state index contributed by atoms with van der Waals surface area (Å²) < 4.78 is 10.5. The van der Waals surface area contributed by atoms with E-state index in [1.165, 1.54) is 0 Å². The number of amides is 1. The zero-order chi connectivity index (χ0) is 11.2. The lowest BCUT2D eigenvalue weighted by Gasteiger charge is -2.28. The third-order valence-electron chi connectivity index (χ3n) is 3.29. The molecule has 1 radical (unpaired) electrons. The van der Waals surface area contributed by atoms with E-state index in [4.69, 9.17) is 9.47 Å². The van der Waals surface area contributed by atoms with Crippen molar-refractivity contribution >= 4 is 5.91 Å². The van der Waals surface area contributed by atoms with E-state index in [2.05, 4.69) is 0 Å². The van der Waals surface area contributed by atoms with E-state index < -0.39 is 0 Å². The van der Waals surface area contributed by atoms with Crippen LogP contribution in [0.1, 0.15) is 19.3 Å². The Bertz CT molecular complexity index is 220. The first-order valence-corrected chi connectivity index (χ1v) is 6.14. The smallest absolute Gasteiger partial charge is 0.226 e. The van der Waals surface area contributed by atoms with Crippen molar-refractivity contribution in [3.8, 4) is 0 Å². The Kier molecular flexibility index (Phi) is 4.60. The maximum Gasteiger partial charge on any atom is 0.226 e. The highest BCUT2D eigenvalue weighted by Gasteiger charge is 2.20. The van der Waals surface area contributed by atoms with Gasteiger partial charge in [-0.05, 0) is 25.2 Å². The van der Waals surface area contributed by atoms with Crippen molar-refractivity contribution in [2.45, 2.75) is 19.3 Å². The van der Waals surface area contributed by atoms with Gasteiger partial charge in [0.25, 0.3) is 0 Å². The zero-order valence-corrected chi connectivity index (χ0v) is 9.69. The molecule has 2 heterocycles. The van der Waals surface area contributed by atoms with Gasteiger partial charge in [0.1, 0.15) is 0 Å². The van der Waals surface area contributed by atoms with Crippen molar-refractivity contribution in [1.82, 2.24) is 4.90 Å². The molecule has 2 aliphatic heterocycles. The molecule has 2 saturated heterocycles. The summed E-state index contributed by atoms with van der Waals surface area (Å²) in [5.74, 6) is 0.813. The minimum absolute atomic E-state index is 0.176. The second-order valence-electron chi connectivity index (χ2n) is 4.43. The van der Waals surface area contributed by atoms with Crippen LogP contribution >= 0.6 is 0 Å². The van der Waals surface area contributed by atoms with Crippen LogP contribution in [-0.4, -0.2) is 50.3 Å². The van der Waals surface area contributed by atoms with E-state index >= 15 is 0 Å². The van der Waals surface area contributed by atoms with E-state index in [1.807, 2.05) is 11.3 Å². The molecule has 0 atom stereocenters. The largest absolute Gasteiger partial charge is 0.381 e. The standard InChI is InChI=1S/C12H20NO3/c14-12(13-5-9-16-10-6-13)2-1-11-3-7-15-8-4-11/h2,11H,1,3-10H2. The molecule has 2 rings (SSSR count). The minimum atomic E-state index is 0.176. The molecule has 0 bridgehead atoms. The Balaban J connectivity index is 1.65. The van der Waals surface area contributed by atoms with Crippen molar-refractivity contribution in [1.29, 1.82) is 0 Å². The van der Waals surface area contributed by atoms with Crippen LogP contribution in [0.5, 0.6) is 0 Å². The molecule has 0 aromatic heterocycles. The van der Waals surface area contributed by atoms with Crippen LogP contribution < -0.4 is 0 Å². The lowest BCUT2D eigenvalue weighted by atomic mass is 9.94. The normalized spacial score (nSPS) is 23.4. The second-order valence-corrected chi connectivity index (χ2v) is 4.43. The average Bonchev–Trinajstić information content (AvgIpc) is 2.38. The fourth-order valence-electron chi connectivity index (χ4n) is 2.16. The van der Waals surface area contributed by atoms with Crippen LogP contribution in [0.15, 0.2) is 0 Å². The maximum absolute atomic E-state index is 11.8. The third-order valence-corrected chi connectivity index (χ3v) is 3.29. The molecule has 2 aliphatic rings. The average molecular weight is 226 g/mol. The SMILES string of the molecule is O=C([CH]CC1CCOCC1)N1CCOCC1. The summed E-state index contributed by atoms with van der Waals surface area (Å²) in [5.41, 5.74) is 0. The van der Waals surface area contributed by atoms with Gasteiger partial charge in [0.2, 0.25) is 5.91 Å². The number of carbonyl (C=O) groups is 1. The summed E-state index contributed by atoms with van der Waals surface area (Å²) in [6.45, 7) is 4.54. The van der Waals surface area contributed by atoms with Crippen LogP contribution in [0.25, 0.3) is 0 Å². The summed E-state index contributed by atoms with van der Waals surface area (Å²) in [4.78, 5) is 13.7. The van der Waals surface area contributed by atoms with Crippen molar-refractivity contribution in [2.24, 2.45) is 5.92 Å². The van der Waals surface area contributed by atoms with Gasteiger partial charge in [0.05, 0.1) is 13.2 Å². The molecule has 4 heteroatoms. The predicted molar refractivity (Wildman–Crippen MR) is 59.9 cm³/mol. The van der Waals surface area contributed by atoms with Gasteiger partial charge in [-0.2, -0.15) is 0 Å². The highest BCUT2D eigenvalue weighted by Crippen LogP contribution is 2.20. The number of nitrogens with zero attached hydrogens (tertiary/aromatic N) is 1. The molecule has 0 aromatic carbocycles. The summed E-state index contributed by atoms with van der Waals surface area (Å²) in [6.07, 6.45) is 4.93. The Morgan fingerprint density at radius 2 is 1.75 bits per heavy atom.